The summed E-state index contributed by atoms with van der Waals surface area (Å²) in [5.41, 5.74) is -5.44. The number of hydrogen-bond acceptors (Lipinski definition) is 3. The maximum absolute atomic E-state index is 15.2. The van der Waals surface area contributed by atoms with Gasteiger partial charge >= 0.3 is 18.7 Å². The number of amides is 1. The summed E-state index contributed by atoms with van der Waals surface area (Å²) in [4.78, 5) is 13.8. The first-order valence-corrected chi connectivity index (χ1v) is 14.5. The van der Waals surface area contributed by atoms with Crippen LogP contribution >= 0.6 is 0 Å². The Bertz CT molecular complexity index is 1870. The predicted octanol–water partition coefficient (Wildman–Crippen LogP) is 9.31. The van der Waals surface area contributed by atoms with Gasteiger partial charge < -0.3 is 14.8 Å². The fourth-order valence-corrected chi connectivity index (χ4v) is 5.20. The van der Waals surface area contributed by atoms with E-state index in [0.717, 1.165) is 18.2 Å². The van der Waals surface area contributed by atoms with Crippen LogP contribution in [0.2, 0.25) is 0 Å². The molecule has 0 heterocycles. The first-order chi connectivity index (χ1) is 23.3. The summed E-state index contributed by atoms with van der Waals surface area (Å²) in [6.45, 7) is -0.665. The van der Waals surface area contributed by atoms with Crippen molar-refractivity contribution in [3.63, 3.8) is 0 Å². The summed E-state index contributed by atoms with van der Waals surface area (Å²) >= 11 is 0. The SMILES string of the molecule is O=C(N[C@@](Cc1ccccc1)(c1cc(F)cc(OC(F)(F)C(F)F)c1)c1ccc(F)c(OC[C@H]2CC2(F)F)c1)c1ccc(F)c(C(F)(F)F)c1. The van der Waals surface area contributed by atoms with E-state index in [1.54, 1.807) is 6.07 Å². The lowest BCUT2D eigenvalue weighted by atomic mass is 9.77. The van der Waals surface area contributed by atoms with Crippen LogP contribution in [0.5, 0.6) is 11.5 Å². The molecule has 266 valence electrons. The highest BCUT2D eigenvalue weighted by Crippen LogP contribution is 2.49. The van der Waals surface area contributed by atoms with E-state index in [9.17, 15) is 53.1 Å². The molecule has 4 nitrogen and oxygen atoms in total. The minimum Gasteiger partial charge on any atom is -0.490 e. The van der Waals surface area contributed by atoms with E-state index < -0.39 is 107 Å². The number of benzene rings is 4. The highest BCUT2D eigenvalue weighted by atomic mass is 19.4. The normalized spacial score (nSPS) is 16.9. The van der Waals surface area contributed by atoms with Crippen LogP contribution < -0.4 is 14.8 Å². The molecule has 1 N–H and O–H groups in total. The van der Waals surface area contributed by atoms with Crippen molar-refractivity contribution in [2.45, 2.75) is 43.0 Å². The fourth-order valence-electron chi connectivity index (χ4n) is 5.20. The molecule has 4 aromatic rings. The zero-order valence-electron chi connectivity index (χ0n) is 25.1. The number of nitrogens with one attached hydrogen (secondary N) is 1. The van der Waals surface area contributed by atoms with Gasteiger partial charge in [0.2, 0.25) is 0 Å². The largest absolute Gasteiger partial charge is 0.490 e. The van der Waals surface area contributed by atoms with Crippen molar-refractivity contribution in [3.05, 3.63) is 130 Å². The van der Waals surface area contributed by atoms with E-state index in [0.29, 0.717) is 30.3 Å². The lowest BCUT2D eigenvalue weighted by molar-refractivity contribution is -0.253. The number of hydrogen-bond donors (Lipinski definition) is 1. The number of alkyl halides is 9. The Morgan fingerprint density at radius 1 is 0.840 bits per heavy atom. The van der Waals surface area contributed by atoms with Crippen molar-refractivity contribution >= 4 is 5.91 Å². The molecule has 0 aliphatic heterocycles. The molecule has 0 radical (unpaired) electrons. The summed E-state index contributed by atoms with van der Waals surface area (Å²) < 4.78 is 175. The van der Waals surface area contributed by atoms with Gasteiger partial charge in [-0.25, -0.2) is 22.0 Å². The monoisotopic (exact) mass is 721 g/mol. The third-order valence-corrected chi connectivity index (χ3v) is 7.86. The van der Waals surface area contributed by atoms with Crippen molar-refractivity contribution in [1.29, 1.82) is 0 Å². The molecule has 0 bridgehead atoms. The Morgan fingerprint density at radius 3 is 2.12 bits per heavy atom. The summed E-state index contributed by atoms with van der Waals surface area (Å²) in [6, 6.07) is 13.0. The summed E-state index contributed by atoms with van der Waals surface area (Å²) in [7, 11) is 0. The molecule has 16 heteroatoms. The highest BCUT2D eigenvalue weighted by Gasteiger charge is 2.57. The maximum atomic E-state index is 15.2. The summed E-state index contributed by atoms with van der Waals surface area (Å²) in [6.07, 6.45) is -15.8. The minimum absolute atomic E-state index is 0.177. The number of carbonyl (C=O) groups is 1. The molecule has 2 atom stereocenters. The molecule has 50 heavy (non-hydrogen) atoms. The number of halogens is 12. The van der Waals surface area contributed by atoms with E-state index in [1.807, 2.05) is 0 Å². The van der Waals surface area contributed by atoms with Gasteiger partial charge in [-0.1, -0.05) is 36.4 Å². The second-order valence-electron chi connectivity index (χ2n) is 11.5. The van der Waals surface area contributed by atoms with Gasteiger partial charge in [0.1, 0.15) is 17.4 Å². The molecule has 1 fully saturated rings. The van der Waals surface area contributed by atoms with Gasteiger partial charge in [0, 0.05) is 24.5 Å². The van der Waals surface area contributed by atoms with Crippen molar-refractivity contribution in [2.75, 3.05) is 6.61 Å². The van der Waals surface area contributed by atoms with Crippen LogP contribution in [-0.4, -0.2) is 31.0 Å². The quantitative estimate of drug-likeness (QED) is 0.149. The van der Waals surface area contributed by atoms with Gasteiger partial charge in [0.15, 0.2) is 11.6 Å². The van der Waals surface area contributed by atoms with Crippen molar-refractivity contribution in [2.24, 2.45) is 5.92 Å². The Hall–Kier alpha value is -4.89. The van der Waals surface area contributed by atoms with Crippen molar-refractivity contribution in [1.82, 2.24) is 5.32 Å². The summed E-state index contributed by atoms with van der Waals surface area (Å²) in [5, 5.41) is 2.42. The van der Waals surface area contributed by atoms with E-state index in [2.05, 4.69) is 10.1 Å². The van der Waals surface area contributed by atoms with Gasteiger partial charge in [-0.3, -0.25) is 4.79 Å². The van der Waals surface area contributed by atoms with E-state index in [-0.39, 0.29) is 17.2 Å². The van der Waals surface area contributed by atoms with Gasteiger partial charge in [-0.2, -0.15) is 30.7 Å². The standard InChI is InChI=1S/C34H23F12NO3/c35-23-11-21(12-24(14-23)50-34(45,46)30(38)39)31(15-18-4-2-1-3-5-18,47-29(48)19-6-8-26(36)25(10-19)33(42,43)44)20-7-9-27(37)28(13-20)49-17-22-16-32(22,40)41/h1-14,22,30H,15-17H2,(H,47,48)/t22-,31-/m1/s1. The number of carbonyl (C=O) groups excluding carboxylic acids is 1. The van der Waals surface area contributed by atoms with Crippen LogP contribution in [0.3, 0.4) is 0 Å². The molecule has 0 spiro atoms. The topological polar surface area (TPSA) is 47.6 Å². The predicted molar refractivity (Wildman–Crippen MR) is 153 cm³/mol. The van der Waals surface area contributed by atoms with Crippen LogP contribution in [0.1, 0.15) is 39.0 Å². The number of rotatable bonds is 12. The second-order valence-corrected chi connectivity index (χ2v) is 11.5. The van der Waals surface area contributed by atoms with Crippen LogP contribution in [0, 0.1) is 23.4 Å². The lowest BCUT2D eigenvalue weighted by Crippen LogP contribution is -2.49. The van der Waals surface area contributed by atoms with Gasteiger partial charge in [0.05, 0.1) is 23.6 Å². The number of ether oxygens (including phenoxy) is 2. The molecule has 1 aliphatic carbocycles. The molecule has 0 aromatic heterocycles. The highest BCUT2D eigenvalue weighted by molar-refractivity contribution is 5.95. The Kier molecular flexibility index (Phi) is 9.78. The molecule has 1 saturated carbocycles. The van der Waals surface area contributed by atoms with E-state index in [4.69, 9.17) is 4.74 Å². The molecule has 0 unspecified atom stereocenters. The molecule has 0 saturated heterocycles. The van der Waals surface area contributed by atoms with Crippen LogP contribution in [0.15, 0.2) is 84.9 Å². The summed E-state index contributed by atoms with van der Waals surface area (Å²) in [5.74, 6) is -11.7. The average molecular weight is 722 g/mol. The smallest absolute Gasteiger partial charge is 0.461 e. The molecule has 5 rings (SSSR count). The van der Waals surface area contributed by atoms with Crippen LogP contribution in [0.25, 0.3) is 0 Å². The molecular formula is C34H23F12NO3. The van der Waals surface area contributed by atoms with E-state index in [1.165, 1.54) is 24.3 Å². The third-order valence-electron chi connectivity index (χ3n) is 7.86. The first kappa shape index (κ1) is 36.4. The van der Waals surface area contributed by atoms with Gasteiger partial charge in [-0.15, -0.1) is 0 Å². The van der Waals surface area contributed by atoms with Crippen molar-refractivity contribution < 1.29 is 67.0 Å². The van der Waals surface area contributed by atoms with Crippen molar-refractivity contribution in [3.8, 4) is 11.5 Å². The van der Waals surface area contributed by atoms with Crippen LogP contribution in [0.4, 0.5) is 52.7 Å². The van der Waals surface area contributed by atoms with Crippen LogP contribution in [-0.2, 0) is 18.1 Å². The minimum atomic E-state index is -5.26. The zero-order chi connectivity index (χ0) is 36.6. The lowest BCUT2D eigenvalue weighted by Gasteiger charge is -2.37. The fraction of sp³-hybridized carbons (Fsp3) is 0.265. The first-order valence-electron chi connectivity index (χ1n) is 14.5. The molecule has 1 aliphatic rings. The van der Waals surface area contributed by atoms with Gasteiger partial charge in [0.25, 0.3) is 11.8 Å². The van der Waals surface area contributed by atoms with Gasteiger partial charge in [-0.05, 0) is 59.2 Å². The Balaban J connectivity index is 1.72. The second kappa shape index (κ2) is 13.4. The third kappa shape index (κ3) is 7.94. The molecule has 4 aromatic carbocycles. The average Bonchev–Trinajstić information content (AvgIpc) is 3.65. The molecular weight excluding hydrogens is 698 g/mol. The zero-order valence-corrected chi connectivity index (χ0v) is 25.1. The molecule has 1 amide bonds. The van der Waals surface area contributed by atoms with E-state index >= 15 is 4.39 Å². The Labute approximate surface area is 275 Å². The Morgan fingerprint density at radius 2 is 1.50 bits per heavy atom. The maximum Gasteiger partial charge on any atom is 0.461 e.